The van der Waals surface area contributed by atoms with Gasteiger partial charge < -0.3 is 15.3 Å². The maximum Gasteiger partial charge on any atom is 0.250 e. The smallest absolute Gasteiger partial charge is 0.250 e. The van der Waals surface area contributed by atoms with E-state index >= 15 is 0 Å². The number of rotatable bonds is 2. The molecule has 0 saturated carbocycles. The Morgan fingerprint density at radius 1 is 0.944 bits per heavy atom. The van der Waals surface area contributed by atoms with Crippen molar-refractivity contribution in [2.24, 2.45) is 10.2 Å². The highest BCUT2D eigenvalue weighted by molar-refractivity contribution is 5.54. The number of aromatic hydroxyl groups is 3. The van der Waals surface area contributed by atoms with Crippen molar-refractivity contribution in [1.82, 2.24) is 4.98 Å². The first kappa shape index (κ1) is 11.6. The van der Waals surface area contributed by atoms with Crippen LogP contribution in [0.15, 0.2) is 45.4 Å². The summed E-state index contributed by atoms with van der Waals surface area (Å²) >= 11 is 0. The molecule has 0 atom stereocenters. The molecule has 0 aliphatic rings. The summed E-state index contributed by atoms with van der Waals surface area (Å²) in [4.78, 5) is 13.0. The van der Waals surface area contributed by atoms with Gasteiger partial charge >= 0.3 is 0 Å². The van der Waals surface area contributed by atoms with Crippen molar-refractivity contribution in [2.75, 3.05) is 0 Å². The zero-order valence-electron chi connectivity index (χ0n) is 9.03. The summed E-state index contributed by atoms with van der Waals surface area (Å²) in [5.41, 5.74) is -0.278. The van der Waals surface area contributed by atoms with E-state index in [1.165, 1.54) is 24.3 Å². The molecule has 0 unspecified atom stereocenters. The Hall–Kier alpha value is -2.83. The van der Waals surface area contributed by atoms with Crippen LogP contribution in [0.3, 0.4) is 0 Å². The van der Waals surface area contributed by atoms with E-state index in [-0.39, 0.29) is 22.9 Å². The van der Waals surface area contributed by atoms with Crippen LogP contribution >= 0.6 is 0 Å². The fourth-order valence-corrected chi connectivity index (χ4v) is 1.24. The van der Waals surface area contributed by atoms with E-state index < -0.39 is 11.4 Å². The van der Waals surface area contributed by atoms with Crippen LogP contribution in [-0.2, 0) is 0 Å². The summed E-state index contributed by atoms with van der Waals surface area (Å²) in [5, 5.41) is 35.3. The topological polar surface area (TPSA) is 118 Å². The van der Waals surface area contributed by atoms with E-state index in [2.05, 4.69) is 15.2 Å². The van der Waals surface area contributed by atoms with Gasteiger partial charge in [-0.2, -0.15) is 0 Å². The number of hydrogen-bond donors (Lipinski definition) is 4. The Morgan fingerprint density at radius 3 is 2.28 bits per heavy atom. The van der Waals surface area contributed by atoms with Gasteiger partial charge in [0.1, 0.15) is 22.9 Å². The number of H-pyrrole nitrogens is 1. The highest BCUT2D eigenvalue weighted by Gasteiger charge is 2.03. The van der Waals surface area contributed by atoms with Crippen LogP contribution in [0.1, 0.15) is 0 Å². The van der Waals surface area contributed by atoms with E-state index in [9.17, 15) is 15.0 Å². The van der Waals surface area contributed by atoms with Crippen molar-refractivity contribution in [3.8, 4) is 17.4 Å². The van der Waals surface area contributed by atoms with Crippen molar-refractivity contribution < 1.29 is 15.3 Å². The van der Waals surface area contributed by atoms with Crippen molar-refractivity contribution in [2.45, 2.75) is 0 Å². The second kappa shape index (κ2) is 4.58. The molecule has 18 heavy (non-hydrogen) atoms. The second-order valence-corrected chi connectivity index (χ2v) is 3.43. The lowest BCUT2D eigenvalue weighted by Crippen LogP contribution is -2.00. The molecular formula is C11H9N3O4. The summed E-state index contributed by atoms with van der Waals surface area (Å²) in [5.74, 6) is -0.759. The molecule has 0 amide bonds. The highest BCUT2D eigenvalue weighted by atomic mass is 16.3. The fraction of sp³-hybridized carbons (Fsp3) is 0. The van der Waals surface area contributed by atoms with Gasteiger partial charge in [-0.15, -0.1) is 10.2 Å². The summed E-state index contributed by atoms with van der Waals surface area (Å²) < 4.78 is 0. The average Bonchev–Trinajstić information content (AvgIpc) is 2.30. The zero-order chi connectivity index (χ0) is 13.1. The Labute approximate surface area is 101 Å². The lowest BCUT2D eigenvalue weighted by molar-refractivity contribution is 0.449. The van der Waals surface area contributed by atoms with Crippen LogP contribution < -0.4 is 5.56 Å². The van der Waals surface area contributed by atoms with E-state index in [1.54, 1.807) is 0 Å². The van der Waals surface area contributed by atoms with Crippen molar-refractivity contribution in [1.29, 1.82) is 0 Å². The third-order valence-corrected chi connectivity index (χ3v) is 2.10. The molecule has 7 nitrogen and oxygen atoms in total. The van der Waals surface area contributed by atoms with Gasteiger partial charge in [0.2, 0.25) is 5.88 Å². The maximum absolute atomic E-state index is 10.9. The molecule has 2 aromatic rings. The molecular weight excluding hydrogens is 238 g/mol. The SMILES string of the molecule is O=c1ccc(N=Nc2ccc(O)cc2O)c(O)[nH]1. The quantitative estimate of drug-likeness (QED) is 0.606. The van der Waals surface area contributed by atoms with E-state index in [4.69, 9.17) is 5.11 Å². The standard InChI is InChI=1S/C11H9N3O4/c15-6-1-2-7(9(16)5-6)13-14-8-3-4-10(17)12-11(8)18/h1-5,15-16H,(H2,12,17,18). The molecule has 1 aromatic heterocycles. The monoisotopic (exact) mass is 247 g/mol. The first-order valence-corrected chi connectivity index (χ1v) is 4.92. The first-order valence-electron chi connectivity index (χ1n) is 4.92. The molecule has 0 bridgehead atoms. The maximum atomic E-state index is 10.9. The molecule has 4 N–H and O–H groups in total. The molecule has 0 fully saturated rings. The van der Waals surface area contributed by atoms with E-state index in [0.717, 1.165) is 6.07 Å². The Balaban J connectivity index is 2.33. The summed E-state index contributed by atoms with van der Waals surface area (Å²) in [7, 11) is 0. The van der Waals surface area contributed by atoms with Crippen LogP contribution in [0.2, 0.25) is 0 Å². The third kappa shape index (κ3) is 2.46. The molecule has 2 rings (SSSR count). The largest absolute Gasteiger partial charge is 0.508 e. The zero-order valence-corrected chi connectivity index (χ0v) is 9.03. The predicted molar refractivity (Wildman–Crippen MR) is 62.7 cm³/mol. The number of benzene rings is 1. The van der Waals surface area contributed by atoms with Crippen LogP contribution in [0.25, 0.3) is 0 Å². The number of phenolic OH excluding ortho intramolecular Hbond substituents is 2. The Morgan fingerprint density at radius 2 is 1.61 bits per heavy atom. The normalized spacial score (nSPS) is 10.9. The van der Waals surface area contributed by atoms with Crippen LogP contribution in [0.5, 0.6) is 17.4 Å². The molecule has 92 valence electrons. The van der Waals surface area contributed by atoms with Gasteiger partial charge in [-0.05, 0) is 18.2 Å². The van der Waals surface area contributed by atoms with Crippen LogP contribution in [-0.4, -0.2) is 20.3 Å². The Kier molecular flexibility index (Phi) is 2.96. The third-order valence-electron chi connectivity index (χ3n) is 2.10. The summed E-state index contributed by atoms with van der Waals surface area (Å²) in [6.07, 6.45) is 0. The molecule has 0 radical (unpaired) electrons. The van der Waals surface area contributed by atoms with E-state index in [1.807, 2.05) is 0 Å². The minimum absolute atomic E-state index is 0.0575. The average molecular weight is 247 g/mol. The minimum Gasteiger partial charge on any atom is -0.508 e. The molecule has 0 saturated heterocycles. The summed E-state index contributed by atoms with van der Waals surface area (Å²) in [6.45, 7) is 0. The number of hydrogen-bond acceptors (Lipinski definition) is 6. The fourth-order valence-electron chi connectivity index (χ4n) is 1.24. The van der Waals surface area contributed by atoms with Crippen molar-refractivity contribution in [3.05, 3.63) is 40.7 Å². The molecule has 7 heteroatoms. The predicted octanol–water partition coefficient (Wildman–Crippen LogP) is 1.91. The Bertz CT molecular complexity index is 664. The van der Waals surface area contributed by atoms with Gasteiger partial charge in [-0.3, -0.25) is 9.78 Å². The number of nitrogens with zero attached hydrogens (tertiary/aromatic N) is 2. The molecule has 0 aliphatic heterocycles. The molecule has 1 aromatic carbocycles. The number of nitrogens with one attached hydrogen (secondary N) is 1. The van der Waals surface area contributed by atoms with Crippen LogP contribution in [0, 0.1) is 0 Å². The summed E-state index contributed by atoms with van der Waals surface area (Å²) in [6, 6.07) is 6.28. The van der Waals surface area contributed by atoms with Crippen molar-refractivity contribution in [3.63, 3.8) is 0 Å². The lowest BCUT2D eigenvalue weighted by atomic mass is 10.3. The molecule has 0 aliphatic carbocycles. The number of aromatic amines is 1. The second-order valence-electron chi connectivity index (χ2n) is 3.43. The van der Waals surface area contributed by atoms with Gasteiger partial charge in [-0.1, -0.05) is 0 Å². The number of pyridine rings is 1. The lowest BCUT2D eigenvalue weighted by Gasteiger charge is -1.99. The van der Waals surface area contributed by atoms with Gasteiger partial charge in [0, 0.05) is 12.1 Å². The number of aromatic nitrogens is 1. The van der Waals surface area contributed by atoms with Crippen LogP contribution in [0.4, 0.5) is 11.4 Å². The van der Waals surface area contributed by atoms with E-state index in [0.29, 0.717) is 0 Å². The molecule has 0 spiro atoms. The number of azo groups is 1. The minimum atomic E-state index is -0.459. The van der Waals surface area contributed by atoms with Crippen molar-refractivity contribution >= 4 is 11.4 Å². The van der Waals surface area contributed by atoms with Gasteiger partial charge in [0.05, 0.1) is 0 Å². The molecule has 1 heterocycles. The van der Waals surface area contributed by atoms with Gasteiger partial charge in [0.25, 0.3) is 5.56 Å². The number of phenols is 2. The highest BCUT2D eigenvalue weighted by Crippen LogP contribution is 2.32. The first-order chi connectivity index (χ1) is 8.56. The van der Waals surface area contributed by atoms with Gasteiger partial charge in [0.15, 0.2) is 0 Å². The van der Waals surface area contributed by atoms with Gasteiger partial charge in [-0.25, -0.2) is 0 Å².